The van der Waals surface area contributed by atoms with Gasteiger partial charge in [0.15, 0.2) is 0 Å². The molecule has 0 spiro atoms. The molecule has 0 aliphatic carbocycles. The van der Waals surface area contributed by atoms with Crippen LogP contribution in [0.2, 0.25) is 0 Å². The summed E-state index contributed by atoms with van der Waals surface area (Å²) in [6, 6.07) is 15.3. The summed E-state index contributed by atoms with van der Waals surface area (Å²) < 4.78 is 0. The lowest BCUT2D eigenvalue weighted by atomic mass is 9.89. The van der Waals surface area contributed by atoms with Gasteiger partial charge in [0, 0.05) is 18.7 Å². The molecule has 1 heterocycles. The van der Waals surface area contributed by atoms with E-state index in [1.165, 1.54) is 27.9 Å². The van der Waals surface area contributed by atoms with Gasteiger partial charge in [-0.2, -0.15) is 0 Å². The normalized spacial score (nSPS) is 17.2. The highest BCUT2D eigenvalue weighted by Gasteiger charge is 2.28. The Morgan fingerprint density at radius 3 is 2.64 bits per heavy atom. The van der Waals surface area contributed by atoms with E-state index in [2.05, 4.69) is 61.2 Å². The number of rotatable bonds is 3. The van der Waals surface area contributed by atoms with Crippen LogP contribution in [0.15, 0.2) is 42.5 Å². The Morgan fingerprint density at radius 1 is 1.14 bits per heavy atom. The lowest BCUT2D eigenvalue weighted by molar-refractivity contribution is -0.117. The van der Waals surface area contributed by atoms with Crippen LogP contribution in [-0.2, 0) is 11.2 Å². The molecule has 0 fully saturated rings. The van der Waals surface area contributed by atoms with Crippen molar-refractivity contribution in [2.24, 2.45) is 0 Å². The zero-order chi connectivity index (χ0) is 15.7. The Labute approximate surface area is 132 Å². The van der Waals surface area contributed by atoms with Crippen molar-refractivity contribution >= 4 is 11.5 Å². The average Bonchev–Trinajstić information content (AvgIpc) is 2.50. The SMILES string of the molecule is CC(=O)CC1c2ccccc2CCN1c1ccc(C)c(C)c1. The molecule has 114 valence electrons. The first-order valence-electron chi connectivity index (χ1n) is 7.97. The lowest BCUT2D eigenvalue weighted by Gasteiger charge is -2.39. The van der Waals surface area contributed by atoms with Crippen LogP contribution in [-0.4, -0.2) is 12.3 Å². The first-order valence-corrected chi connectivity index (χ1v) is 7.97. The summed E-state index contributed by atoms with van der Waals surface area (Å²) in [6.45, 7) is 6.95. The summed E-state index contributed by atoms with van der Waals surface area (Å²) in [5.41, 5.74) is 6.53. The minimum absolute atomic E-state index is 0.157. The van der Waals surface area contributed by atoms with Gasteiger partial charge in [-0.1, -0.05) is 30.3 Å². The van der Waals surface area contributed by atoms with E-state index >= 15 is 0 Å². The minimum atomic E-state index is 0.157. The van der Waals surface area contributed by atoms with Crippen molar-refractivity contribution in [2.45, 2.75) is 39.7 Å². The molecule has 1 unspecified atom stereocenters. The molecular formula is C20H23NO. The van der Waals surface area contributed by atoms with E-state index in [4.69, 9.17) is 0 Å². The highest BCUT2D eigenvalue weighted by Crippen LogP contribution is 2.36. The molecule has 0 saturated carbocycles. The van der Waals surface area contributed by atoms with Gasteiger partial charge < -0.3 is 4.90 Å². The standard InChI is InChI=1S/C20H23NO/c1-14-8-9-18(12-15(14)2)21-11-10-17-6-4-5-7-19(17)20(21)13-16(3)22/h4-9,12,20H,10-11,13H2,1-3H3. The second kappa shape index (κ2) is 5.96. The number of carbonyl (C=O) groups excluding carboxylic acids is 1. The summed E-state index contributed by atoms with van der Waals surface area (Å²) in [7, 11) is 0. The second-order valence-electron chi connectivity index (χ2n) is 6.33. The van der Waals surface area contributed by atoms with E-state index in [0.29, 0.717) is 6.42 Å². The van der Waals surface area contributed by atoms with Gasteiger partial charge >= 0.3 is 0 Å². The number of hydrogen-bond donors (Lipinski definition) is 0. The van der Waals surface area contributed by atoms with Gasteiger partial charge in [0.1, 0.15) is 5.78 Å². The van der Waals surface area contributed by atoms with Crippen molar-refractivity contribution < 1.29 is 4.79 Å². The Morgan fingerprint density at radius 2 is 1.91 bits per heavy atom. The van der Waals surface area contributed by atoms with Crippen LogP contribution in [0.4, 0.5) is 5.69 Å². The molecule has 0 N–H and O–H groups in total. The molecule has 0 radical (unpaired) electrons. The third kappa shape index (κ3) is 2.78. The largest absolute Gasteiger partial charge is 0.364 e. The summed E-state index contributed by atoms with van der Waals surface area (Å²) in [6.07, 6.45) is 1.61. The fraction of sp³-hybridized carbons (Fsp3) is 0.350. The minimum Gasteiger partial charge on any atom is -0.364 e. The van der Waals surface area contributed by atoms with Gasteiger partial charge in [-0.15, -0.1) is 0 Å². The van der Waals surface area contributed by atoms with E-state index in [9.17, 15) is 4.79 Å². The third-order valence-electron chi connectivity index (χ3n) is 4.72. The summed E-state index contributed by atoms with van der Waals surface area (Å²) in [4.78, 5) is 14.2. The first-order chi connectivity index (χ1) is 10.6. The van der Waals surface area contributed by atoms with Crippen LogP contribution in [0.5, 0.6) is 0 Å². The van der Waals surface area contributed by atoms with Crippen LogP contribution in [0.1, 0.15) is 41.6 Å². The summed E-state index contributed by atoms with van der Waals surface area (Å²) >= 11 is 0. The molecule has 0 saturated heterocycles. The maximum Gasteiger partial charge on any atom is 0.132 e. The first kappa shape index (κ1) is 14.8. The van der Waals surface area contributed by atoms with E-state index in [0.717, 1.165) is 13.0 Å². The zero-order valence-electron chi connectivity index (χ0n) is 13.6. The number of hydrogen-bond acceptors (Lipinski definition) is 2. The molecule has 0 amide bonds. The molecule has 2 aromatic carbocycles. The maximum atomic E-state index is 11.8. The molecule has 1 aliphatic rings. The number of ketones is 1. The van der Waals surface area contributed by atoms with Gasteiger partial charge in [-0.05, 0) is 61.6 Å². The predicted molar refractivity (Wildman–Crippen MR) is 91.4 cm³/mol. The number of anilines is 1. The van der Waals surface area contributed by atoms with E-state index in [-0.39, 0.29) is 11.8 Å². The van der Waals surface area contributed by atoms with Crippen molar-refractivity contribution in [3.05, 3.63) is 64.7 Å². The van der Waals surface area contributed by atoms with Gasteiger partial charge in [0.2, 0.25) is 0 Å². The number of aryl methyl sites for hydroxylation is 2. The molecule has 2 heteroatoms. The quantitative estimate of drug-likeness (QED) is 0.836. The van der Waals surface area contributed by atoms with Crippen LogP contribution in [0.3, 0.4) is 0 Å². The van der Waals surface area contributed by atoms with Crippen LogP contribution >= 0.6 is 0 Å². The fourth-order valence-corrected chi connectivity index (χ4v) is 3.36. The highest BCUT2D eigenvalue weighted by molar-refractivity contribution is 5.77. The van der Waals surface area contributed by atoms with Crippen molar-refractivity contribution in [2.75, 3.05) is 11.4 Å². The highest BCUT2D eigenvalue weighted by atomic mass is 16.1. The molecule has 1 atom stereocenters. The van der Waals surface area contributed by atoms with Gasteiger partial charge in [-0.25, -0.2) is 0 Å². The molecule has 2 aromatic rings. The predicted octanol–water partition coefficient (Wildman–Crippen LogP) is 4.39. The molecule has 0 bridgehead atoms. The van der Waals surface area contributed by atoms with Crippen molar-refractivity contribution in [1.82, 2.24) is 0 Å². The number of fused-ring (bicyclic) bond motifs is 1. The summed E-state index contributed by atoms with van der Waals surface area (Å²) in [5.74, 6) is 0.246. The molecule has 22 heavy (non-hydrogen) atoms. The Kier molecular flexibility index (Phi) is 4.02. The second-order valence-corrected chi connectivity index (χ2v) is 6.33. The molecular weight excluding hydrogens is 270 g/mol. The van der Waals surface area contributed by atoms with Crippen LogP contribution in [0, 0.1) is 13.8 Å². The van der Waals surface area contributed by atoms with E-state index in [1.807, 2.05) is 0 Å². The molecule has 0 aromatic heterocycles. The van der Waals surface area contributed by atoms with Gasteiger partial charge in [0.25, 0.3) is 0 Å². The number of benzene rings is 2. The van der Waals surface area contributed by atoms with Crippen molar-refractivity contribution in [3.63, 3.8) is 0 Å². The Balaban J connectivity index is 2.02. The maximum absolute atomic E-state index is 11.8. The molecule has 2 nitrogen and oxygen atoms in total. The van der Waals surface area contributed by atoms with Gasteiger partial charge in [-0.3, -0.25) is 4.79 Å². The van der Waals surface area contributed by atoms with Crippen LogP contribution < -0.4 is 4.90 Å². The van der Waals surface area contributed by atoms with Crippen molar-refractivity contribution in [1.29, 1.82) is 0 Å². The number of Topliss-reactive ketones (excluding diaryl/α,β-unsaturated/α-hetero) is 1. The molecule has 1 aliphatic heterocycles. The summed E-state index contributed by atoms with van der Waals surface area (Å²) in [5, 5.41) is 0. The zero-order valence-corrected chi connectivity index (χ0v) is 13.6. The van der Waals surface area contributed by atoms with Gasteiger partial charge in [0.05, 0.1) is 6.04 Å². The van der Waals surface area contributed by atoms with E-state index < -0.39 is 0 Å². The third-order valence-corrected chi connectivity index (χ3v) is 4.72. The Hall–Kier alpha value is -2.09. The lowest BCUT2D eigenvalue weighted by Crippen LogP contribution is -2.36. The Bertz CT molecular complexity index is 705. The smallest absolute Gasteiger partial charge is 0.132 e. The van der Waals surface area contributed by atoms with E-state index in [1.54, 1.807) is 6.92 Å². The average molecular weight is 293 g/mol. The van der Waals surface area contributed by atoms with Crippen LogP contribution in [0.25, 0.3) is 0 Å². The fourth-order valence-electron chi connectivity index (χ4n) is 3.36. The van der Waals surface area contributed by atoms with Crippen molar-refractivity contribution in [3.8, 4) is 0 Å². The molecule has 3 rings (SSSR count). The topological polar surface area (TPSA) is 20.3 Å². The monoisotopic (exact) mass is 293 g/mol. The number of carbonyl (C=O) groups is 1. The number of nitrogens with zero attached hydrogens (tertiary/aromatic N) is 1.